The van der Waals surface area contributed by atoms with E-state index in [9.17, 15) is 0 Å². The number of hydrogen-bond acceptors (Lipinski definition) is 3. The largest absolute Gasteiger partial charge is 0.352 e. The first-order chi connectivity index (χ1) is 13.3. The maximum Gasteiger partial charge on any atom is 0.149 e. The Morgan fingerprint density at radius 1 is 0.630 bits per heavy atom. The van der Waals surface area contributed by atoms with Crippen LogP contribution in [-0.2, 0) is 14.2 Å². The molecule has 0 heterocycles. The minimum absolute atomic E-state index is 0.273. The first-order valence-electron chi connectivity index (χ1n) is 10.5. The van der Waals surface area contributed by atoms with Crippen LogP contribution in [0, 0.1) is 0 Å². The van der Waals surface area contributed by atoms with Gasteiger partial charge in [-0.2, -0.15) is 0 Å². The van der Waals surface area contributed by atoms with E-state index in [0.717, 1.165) is 74.9 Å². The van der Waals surface area contributed by atoms with Gasteiger partial charge in [0.2, 0.25) is 0 Å². The van der Waals surface area contributed by atoms with Crippen LogP contribution in [0.15, 0.2) is 24.3 Å². The predicted molar refractivity (Wildman–Crippen MR) is 124 cm³/mol. The first kappa shape index (κ1) is 27.3. The molecule has 0 aliphatic carbocycles. The monoisotopic (exact) mass is 510 g/mol. The van der Waals surface area contributed by atoms with Crippen molar-refractivity contribution in [1.29, 1.82) is 0 Å². The Morgan fingerprint density at radius 3 is 1.41 bits per heavy atom. The van der Waals surface area contributed by atoms with Gasteiger partial charge in [-0.05, 0) is 51.4 Å². The molecule has 0 radical (unpaired) electrons. The van der Waals surface area contributed by atoms with Gasteiger partial charge in [0.25, 0.3) is 0 Å². The van der Waals surface area contributed by atoms with Gasteiger partial charge in [-0.15, -0.1) is 0 Å². The van der Waals surface area contributed by atoms with Gasteiger partial charge < -0.3 is 14.2 Å². The summed E-state index contributed by atoms with van der Waals surface area (Å²) >= 11 is 6.88. The van der Waals surface area contributed by atoms with Crippen LogP contribution < -0.4 is 0 Å². The SMILES string of the molecule is CCCC(CC/C=C/CCBr)OCOCOC(CCC)CC/C=C/CCBr. The number of ether oxygens (including phenoxy) is 3. The highest BCUT2D eigenvalue weighted by Gasteiger charge is 2.09. The normalized spacial score (nSPS) is 14.4. The van der Waals surface area contributed by atoms with E-state index in [1.807, 2.05) is 0 Å². The Hall–Kier alpha value is 0.320. The lowest BCUT2D eigenvalue weighted by atomic mass is 10.1. The second-order valence-corrected chi connectivity index (χ2v) is 8.23. The molecule has 160 valence electrons. The van der Waals surface area contributed by atoms with Crippen molar-refractivity contribution >= 4 is 31.9 Å². The summed E-state index contributed by atoms with van der Waals surface area (Å²) in [4.78, 5) is 0. The number of allylic oxidation sites excluding steroid dienone is 4. The molecule has 0 saturated heterocycles. The molecule has 2 atom stereocenters. The molecule has 5 heteroatoms. The molecular formula is C22H40Br2O3. The molecule has 0 N–H and O–H groups in total. The maximum atomic E-state index is 5.90. The van der Waals surface area contributed by atoms with E-state index in [0.29, 0.717) is 13.6 Å². The number of rotatable bonds is 20. The summed E-state index contributed by atoms with van der Waals surface area (Å²) in [5.74, 6) is 0. The lowest BCUT2D eigenvalue weighted by molar-refractivity contribution is -0.167. The standard InChI is InChI=1S/C22H40Br2O3/c1-3-13-21(15-9-5-7-11-17-23)26-19-25-20-27-22(14-4-2)16-10-6-8-12-18-24/h5-8,21-22H,3-4,9-20H2,1-2H3/b7-5+,8-6+. The van der Waals surface area contributed by atoms with Crippen molar-refractivity contribution in [2.75, 3.05) is 24.2 Å². The smallest absolute Gasteiger partial charge is 0.149 e. The second kappa shape index (κ2) is 22.6. The lowest BCUT2D eigenvalue weighted by Crippen LogP contribution is -2.18. The van der Waals surface area contributed by atoms with Crippen molar-refractivity contribution < 1.29 is 14.2 Å². The molecule has 0 aromatic carbocycles. The highest BCUT2D eigenvalue weighted by Crippen LogP contribution is 2.12. The Morgan fingerprint density at radius 2 is 1.04 bits per heavy atom. The van der Waals surface area contributed by atoms with Crippen LogP contribution in [0.5, 0.6) is 0 Å². The van der Waals surface area contributed by atoms with E-state index < -0.39 is 0 Å². The molecule has 0 fully saturated rings. The van der Waals surface area contributed by atoms with Gasteiger partial charge in [0, 0.05) is 10.7 Å². The molecule has 0 saturated carbocycles. The summed E-state index contributed by atoms with van der Waals surface area (Å²) in [6, 6.07) is 0. The Labute approximate surface area is 184 Å². The molecule has 0 amide bonds. The van der Waals surface area contributed by atoms with Crippen molar-refractivity contribution in [3.63, 3.8) is 0 Å². The zero-order valence-corrected chi connectivity index (χ0v) is 20.5. The molecule has 0 bridgehead atoms. The minimum Gasteiger partial charge on any atom is -0.352 e. The summed E-state index contributed by atoms with van der Waals surface area (Å²) in [6.45, 7) is 5.03. The van der Waals surface area contributed by atoms with Crippen LogP contribution in [-0.4, -0.2) is 36.5 Å². The quantitative estimate of drug-likeness (QED) is 0.0731. The molecule has 0 aliphatic heterocycles. The number of alkyl halides is 2. The van der Waals surface area contributed by atoms with Gasteiger partial charge in [-0.1, -0.05) is 82.9 Å². The fourth-order valence-corrected chi connectivity index (χ4v) is 3.28. The summed E-state index contributed by atoms with van der Waals surface area (Å²) in [5.41, 5.74) is 0. The fraction of sp³-hybridized carbons (Fsp3) is 0.818. The van der Waals surface area contributed by atoms with E-state index in [2.05, 4.69) is 70.0 Å². The zero-order valence-electron chi connectivity index (χ0n) is 17.3. The molecule has 0 aromatic heterocycles. The average Bonchev–Trinajstić information content (AvgIpc) is 2.67. The van der Waals surface area contributed by atoms with Crippen LogP contribution in [0.3, 0.4) is 0 Å². The third-order valence-corrected chi connectivity index (χ3v) is 5.11. The summed E-state index contributed by atoms with van der Waals surface area (Å²) < 4.78 is 17.4. The van der Waals surface area contributed by atoms with Crippen LogP contribution >= 0.6 is 31.9 Å². The van der Waals surface area contributed by atoms with Gasteiger partial charge in [0.05, 0.1) is 12.2 Å². The van der Waals surface area contributed by atoms with E-state index in [-0.39, 0.29) is 12.2 Å². The van der Waals surface area contributed by atoms with Gasteiger partial charge >= 0.3 is 0 Å². The molecule has 2 unspecified atom stereocenters. The Balaban J connectivity index is 3.90. The van der Waals surface area contributed by atoms with Crippen LogP contribution in [0.25, 0.3) is 0 Å². The van der Waals surface area contributed by atoms with E-state index >= 15 is 0 Å². The molecule has 0 rings (SSSR count). The summed E-state index contributed by atoms with van der Waals surface area (Å²) in [6.07, 6.45) is 20.3. The Bertz CT molecular complexity index is 316. The Kier molecular flexibility index (Phi) is 22.9. The molecular weight excluding hydrogens is 472 g/mol. The molecule has 0 aromatic rings. The summed E-state index contributed by atoms with van der Waals surface area (Å²) in [5, 5.41) is 2.05. The minimum atomic E-state index is 0.273. The van der Waals surface area contributed by atoms with E-state index in [1.165, 1.54) is 0 Å². The van der Waals surface area contributed by atoms with Gasteiger partial charge in [0.1, 0.15) is 13.6 Å². The molecule has 27 heavy (non-hydrogen) atoms. The van der Waals surface area contributed by atoms with Crippen LogP contribution in [0.4, 0.5) is 0 Å². The van der Waals surface area contributed by atoms with Crippen molar-refractivity contribution in [2.45, 2.75) is 90.3 Å². The maximum absolute atomic E-state index is 5.90. The lowest BCUT2D eigenvalue weighted by Gasteiger charge is -2.19. The third-order valence-electron chi connectivity index (χ3n) is 4.19. The van der Waals surface area contributed by atoms with E-state index in [1.54, 1.807) is 0 Å². The first-order valence-corrected chi connectivity index (χ1v) is 12.8. The number of hydrogen-bond donors (Lipinski definition) is 0. The third kappa shape index (κ3) is 19.4. The van der Waals surface area contributed by atoms with Gasteiger partial charge in [-0.3, -0.25) is 0 Å². The topological polar surface area (TPSA) is 27.7 Å². The summed E-state index contributed by atoms with van der Waals surface area (Å²) in [7, 11) is 0. The molecule has 3 nitrogen and oxygen atoms in total. The molecule has 0 spiro atoms. The average molecular weight is 512 g/mol. The van der Waals surface area contributed by atoms with Crippen molar-refractivity contribution in [3.8, 4) is 0 Å². The highest BCUT2D eigenvalue weighted by atomic mass is 79.9. The fourth-order valence-electron chi connectivity index (χ4n) is 2.75. The predicted octanol–water partition coefficient (Wildman–Crippen LogP) is 7.53. The number of halogens is 2. The zero-order chi connectivity index (χ0) is 20.0. The second-order valence-electron chi connectivity index (χ2n) is 6.65. The van der Waals surface area contributed by atoms with Crippen molar-refractivity contribution in [3.05, 3.63) is 24.3 Å². The molecule has 0 aliphatic rings. The highest BCUT2D eigenvalue weighted by molar-refractivity contribution is 9.09. The van der Waals surface area contributed by atoms with Crippen molar-refractivity contribution in [2.24, 2.45) is 0 Å². The van der Waals surface area contributed by atoms with Gasteiger partial charge in [0.15, 0.2) is 0 Å². The van der Waals surface area contributed by atoms with Crippen molar-refractivity contribution in [1.82, 2.24) is 0 Å². The van der Waals surface area contributed by atoms with Crippen LogP contribution in [0.2, 0.25) is 0 Å². The van der Waals surface area contributed by atoms with Gasteiger partial charge in [-0.25, -0.2) is 0 Å². The van der Waals surface area contributed by atoms with E-state index in [4.69, 9.17) is 14.2 Å². The van der Waals surface area contributed by atoms with Crippen LogP contribution in [0.1, 0.15) is 78.1 Å².